The molecule has 20 heavy (non-hydrogen) atoms. The van der Waals surface area contributed by atoms with E-state index in [1.165, 1.54) is 19.2 Å². The lowest BCUT2D eigenvalue weighted by atomic mass is 10.2. The highest BCUT2D eigenvalue weighted by Crippen LogP contribution is 2.09. The van der Waals surface area contributed by atoms with Crippen molar-refractivity contribution in [2.75, 3.05) is 5.32 Å². The van der Waals surface area contributed by atoms with Gasteiger partial charge in [-0.2, -0.15) is 0 Å². The molecule has 0 unspecified atom stereocenters. The summed E-state index contributed by atoms with van der Waals surface area (Å²) >= 11 is 1.54. The second kappa shape index (κ2) is 6.25. The van der Waals surface area contributed by atoms with Crippen LogP contribution in [0, 0.1) is 6.92 Å². The molecule has 6 nitrogen and oxygen atoms in total. The molecule has 2 rings (SSSR count). The second-order valence-corrected chi connectivity index (χ2v) is 5.21. The van der Waals surface area contributed by atoms with Crippen molar-refractivity contribution < 1.29 is 9.59 Å². The minimum absolute atomic E-state index is 0.229. The molecule has 0 aliphatic carbocycles. The average molecular weight is 290 g/mol. The van der Waals surface area contributed by atoms with Crippen molar-refractivity contribution in [1.29, 1.82) is 0 Å². The molecule has 2 heterocycles. The number of aryl methyl sites for hydroxylation is 1. The summed E-state index contributed by atoms with van der Waals surface area (Å²) in [6.45, 7) is 3.68. The van der Waals surface area contributed by atoms with E-state index < -0.39 is 0 Å². The van der Waals surface area contributed by atoms with Crippen LogP contribution in [0.1, 0.15) is 28.0 Å². The fraction of sp³-hybridized carbons (Fsp3) is 0.231. The Morgan fingerprint density at radius 1 is 1.40 bits per heavy atom. The Morgan fingerprint density at radius 2 is 2.20 bits per heavy atom. The minimum Gasteiger partial charge on any atom is -0.346 e. The van der Waals surface area contributed by atoms with Gasteiger partial charge in [0.1, 0.15) is 5.82 Å². The first-order valence-corrected chi connectivity index (χ1v) is 6.85. The molecule has 0 fully saturated rings. The summed E-state index contributed by atoms with van der Waals surface area (Å²) in [6.07, 6.45) is 1.48. The van der Waals surface area contributed by atoms with Gasteiger partial charge in [-0.25, -0.2) is 9.97 Å². The molecule has 0 aliphatic rings. The predicted molar refractivity (Wildman–Crippen MR) is 76.6 cm³/mol. The zero-order valence-electron chi connectivity index (χ0n) is 11.1. The molecule has 0 atom stereocenters. The molecule has 104 valence electrons. The van der Waals surface area contributed by atoms with Crippen LogP contribution < -0.4 is 10.6 Å². The van der Waals surface area contributed by atoms with Crippen LogP contribution in [0.5, 0.6) is 0 Å². The summed E-state index contributed by atoms with van der Waals surface area (Å²) in [6, 6.07) is 3.12. The minimum atomic E-state index is -0.232. The van der Waals surface area contributed by atoms with Crippen LogP contribution >= 0.6 is 11.3 Å². The van der Waals surface area contributed by atoms with Crippen LogP contribution in [-0.2, 0) is 11.3 Å². The number of amides is 2. The summed E-state index contributed by atoms with van der Waals surface area (Å²) in [7, 11) is 0. The van der Waals surface area contributed by atoms with Crippen molar-refractivity contribution in [3.05, 3.63) is 40.0 Å². The molecule has 0 aromatic carbocycles. The van der Waals surface area contributed by atoms with Gasteiger partial charge in [-0.1, -0.05) is 0 Å². The topological polar surface area (TPSA) is 84.0 Å². The lowest BCUT2D eigenvalue weighted by molar-refractivity contribution is -0.114. The van der Waals surface area contributed by atoms with Crippen molar-refractivity contribution in [1.82, 2.24) is 15.3 Å². The van der Waals surface area contributed by atoms with Crippen LogP contribution in [0.2, 0.25) is 0 Å². The van der Waals surface area contributed by atoms with Gasteiger partial charge in [-0.3, -0.25) is 9.59 Å². The molecule has 0 radical (unpaired) electrons. The zero-order chi connectivity index (χ0) is 14.5. The number of hydrogen-bond acceptors (Lipinski definition) is 5. The molecule has 0 aliphatic heterocycles. The molecule has 0 bridgehead atoms. The van der Waals surface area contributed by atoms with E-state index in [-0.39, 0.29) is 11.8 Å². The maximum Gasteiger partial charge on any atom is 0.251 e. The van der Waals surface area contributed by atoms with E-state index in [2.05, 4.69) is 20.6 Å². The van der Waals surface area contributed by atoms with Crippen LogP contribution in [0.15, 0.2) is 23.7 Å². The maximum atomic E-state index is 12.0. The Bertz CT molecular complexity index is 639. The average Bonchev–Trinajstić information content (AvgIpc) is 2.81. The Balaban J connectivity index is 1.99. The van der Waals surface area contributed by atoms with E-state index in [9.17, 15) is 9.59 Å². The van der Waals surface area contributed by atoms with Crippen LogP contribution in [0.4, 0.5) is 5.82 Å². The van der Waals surface area contributed by atoms with Crippen molar-refractivity contribution in [3.63, 3.8) is 0 Å². The number of anilines is 1. The predicted octanol–water partition coefficient (Wildman–Crippen LogP) is 1.73. The second-order valence-electron chi connectivity index (χ2n) is 4.15. The van der Waals surface area contributed by atoms with Gasteiger partial charge in [-0.15, -0.1) is 11.3 Å². The monoisotopic (exact) mass is 290 g/mol. The van der Waals surface area contributed by atoms with Gasteiger partial charge in [-0.05, 0) is 19.1 Å². The molecule has 2 amide bonds. The first-order chi connectivity index (χ1) is 9.54. The number of hydrogen-bond donors (Lipinski definition) is 2. The van der Waals surface area contributed by atoms with Gasteiger partial charge >= 0.3 is 0 Å². The van der Waals surface area contributed by atoms with E-state index in [0.717, 1.165) is 10.7 Å². The van der Waals surface area contributed by atoms with Crippen molar-refractivity contribution in [2.24, 2.45) is 0 Å². The zero-order valence-corrected chi connectivity index (χ0v) is 12.0. The summed E-state index contributed by atoms with van der Waals surface area (Å²) in [4.78, 5) is 31.2. The third kappa shape index (κ3) is 3.86. The van der Waals surface area contributed by atoms with Gasteiger partial charge in [0.05, 0.1) is 17.2 Å². The summed E-state index contributed by atoms with van der Waals surface area (Å²) in [5, 5.41) is 8.18. The Kier molecular flexibility index (Phi) is 4.41. The lowest BCUT2D eigenvalue weighted by Gasteiger charge is -2.05. The maximum absolute atomic E-state index is 12.0. The number of aromatic nitrogens is 2. The summed E-state index contributed by atoms with van der Waals surface area (Å²) in [5.41, 5.74) is 1.27. The normalized spacial score (nSPS) is 10.1. The van der Waals surface area contributed by atoms with Gasteiger partial charge < -0.3 is 10.6 Å². The SMILES string of the molecule is CC(=O)Nc1cc(C(=O)NCc2csc(C)n2)ccn1. The fourth-order valence-corrected chi connectivity index (χ4v) is 2.20. The molecule has 2 aromatic rings. The van der Waals surface area contributed by atoms with Crippen LogP contribution in [-0.4, -0.2) is 21.8 Å². The number of nitrogens with one attached hydrogen (secondary N) is 2. The van der Waals surface area contributed by atoms with Crippen molar-refractivity contribution in [2.45, 2.75) is 20.4 Å². The molecule has 0 saturated heterocycles. The van der Waals surface area contributed by atoms with E-state index in [4.69, 9.17) is 0 Å². The number of rotatable bonds is 4. The number of thiazole rings is 1. The molecule has 0 spiro atoms. The lowest BCUT2D eigenvalue weighted by Crippen LogP contribution is -2.23. The largest absolute Gasteiger partial charge is 0.346 e. The quantitative estimate of drug-likeness (QED) is 0.898. The van der Waals surface area contributed by atoms with E-state index in [1.807, 2.05) is 12.3 Å². The van der Waals surface area contributed by atoms with Crippen LogP contribution in [0.25, 0.3) is 0 Å². The number of pyridine rings is 1. The van der Waals surface area contributed by atoms with E-state index in [1.54, 1.807) is 17.4 Å². The molecule has 2 N–H and O–H groups in total. The molecular weight excluding hydrogens is 276 g/mol. The highest BCUT2D eigenvalue weighted by Gasteiger charge is 2.08. The van der Waals surface area contributed by atoms with Crippen molar-refractivity contribution in [3.8, 4) is 0 Å². The third-order valence-corrected chi connectivity index (χ3v) is 3.25. The number of nitrogens with zero attached hydrogens (tertiary/aromatic N) is 2. The fourth-order valence-electron chi connectivity index (χ4n) is 1.58. The number of carbonyl (C=O) groups is 2. The highest BCUT2D eigenvalue weighted by atomic mass is 32.1. The molecule has 2 aromatic heterocycles. The first-order valence-electron chi connectivity index (χ1n) is 5.97. The Hall–Kier alpha value is -2.28. The molecule has 7 heteroatoms. The van der Waals surface area contributed by atoms with E-state index in [0.29, 0.717) is 17.9 Å². The van der Waals surface area contributed by atoms with Gasteiger partial charge in [0.15, 0.2) is 0 Å². The first kappa shape index (κ1) is 14.1. The van der Waals surface area contributed by atoms with Gasteiger partial charge in [0.2, 0.25) is 5.91 Å². The Labute approximate surface area is 120 Å². The van der Waals surface area contributed by atoms with E-state index >= 15 is 0 Å². The van der Waals surface area contributed by atoms with Gasteiger partial charge in [0.25, 0.3) is 5.91 Å². The van der Waals surface area contributed by atoms with Gasteiger partial charge in [0, 0.05) is 24.1 Å². The standard InChI is InChI=1S/C13H14N4O2S/c1-8(18)16-12-5-10(3-4-14-12)13(19)15-6-11-7-20-9(2)17-11/h3-5,7H,6H2,1-2H3,(H,15,19)(H,14,16,18). The number of carbonyl (C=O) groups excluding carboxylic acids is 2. The smallest absolute Gasteiger partial charge is 0.251 e. The molecular formula is C13H14N4O2S. The van der Waals surface area contributed by atoms with Crippen molar-refractivity contribution >= 4 is 29.0 Å². The highest BCUT2D eigenvalue weighted by molar-refractivity contribution is 7.09. The molecule has 0 saturated carbocycles. The Morgan fingerprint density at radius 3 is 2.85 bits per heavy atom. The van der Waals surface area contributed by atoms with Crippen LogP contribution in [0.3, 0.4) is 0 Å². The third-order valence-electron chi connectivity index (χ3n) is 2.42. The summed E-state index contributed by atoms with van der Waals surface area (Å²) in [5.74, 6) is -0.104. The summed E-state index contributed by atoms with van der Waals surface area (Å²) < 4.78 is 0.